The van der Waals surface area contributed by atoms with Crippen LogP contribution in [-0.2, 0) is 16.1 Å². The molecule has 0 saturated heterocycles. The summed E-state index contributed by atoms with van der Waals surface area (Å²) in [7, 11) is 0. The molecule has 0 atom stereocenters. The molecule has 0 amide bonds. The minimum atomic E-state index is -0.418. The van der Waals surface area contributed by atoms with Gasteiger partial charge in [0.1, 0.15) is 0 Å². The van der Waals surface area contributed by atoms with Crippen LogP contribution in [-0.4, -0.2) is 27.5 Å². The number of hydrogen-bond donors (Lipinski definition) is 1. The molecule has 0 aromatic carbocycles. The molecule has 0 fully saturated rings. The van der Waals surface area contributed by atoms with Gasteiger partial charge in [-0.05, 0) is 13.8 Å². The zero-order valence-corrected chi connectivity index (χ0v) is 9.64. The standard InChI is InChI=1S/C10H12N4O3/c1-3-17-9(16)5-13-10-8(15)4-7(2)12-14(10)6-11-13/h4,6H,3,5H2,1-2H3/p+1. The van der Waals surface area contributed by atoms with Gasteiger partial charge in [0.15, 0.2) is 0 Å². The highest BCUT2D eigenvalue weighted by molar-refractivity contribution is 5.69. The summed E-state index contributed by atoms with van der Waals surface area (Å²) < 4.78 is 7.61. The third kappa shape index (κ3) is 2.17. The van der Waals surface area contributed by atoms with E-state index in [1.807, 2.05) is 0 Å². The summed E-state index contributed by atoms with van der Waals surface area (Å²) in [5, 5.41) is 6.90. The van der Waals surface area contributed by atoms with Crippen LogP contribution in [0.15, 0.2) is 17.2 Å². The van der Waals surface area contributed by atoms with Crippen molar-refractivity contribution >= 4 is 11.6 Å². The molecule has 0 radical (unpaired) electrons. The maximum Gasteiger partial charge on any atom is 0.344 e. The van der Waals surface area contributed by atoms with Crippen LogP contribution in [0.25, 0.3) is 5.65 Å². The molecule has 7 nitrogen and oxygen atoms in total. The lowest BCUT2D eigenvalue weighted by Crippen LogP contribution is -2.32. The molecular formula is C10H13N4O3+. The molecule has 1 N–H and O–H groups in total. The van der Waals surface area contributed by atoms with Gasteiger partial charge >= 0.3 is 11.6 Å². The summed E-state index contributed by atoms with van der Waals surface area (Å²) in [6.07, 6.45) is 1.45. The van der Waals surface area contributed by atoms with Crippen molar-refractivity contribution in [1.82, 2.24) is 14.9 Å². The number of aromatic amines is 1. The summed E-state index contributed by atoms with van der Waals surface area (Å²) in [5.41, 5.74) is 0.842. The number of carbonyl (C=O) groups is 1. The highest BCUT2D eigenvalue weighted by atomic mass is 16.5. The maximum absolute atomic E-state index is 11.8. The Labute approximate surface area is 96.6 Å². The number of H-pyrrole nitrogens is 1. The van der Waals surface area contributed by atoms with Gasteiger partial charge in [-0.25, -0.2) is 9.89 Å². The number of nitrogens with zero attached hydrogens (tertiary/aromatic N) is 3. The van der Waals surface area contributed by atoms with E-state index >= 15 is 0 Å². The molecule has 2 aromatic rings. The molecule has 0 aliphatic heterocycles. The molecule has 2 rings (SSSR count). The number of nitrogens with one attached hydrogen (secondary N) is 1. The monoisotopic (exact) mass is 237 g/mol. The Bertz CT molecular complexity index is 614. The topological polar surface area (TPSA) is 81.1 Å². The first-order valence-electron chi connectivity index (χ1n) is 5.24. The van der Waals surface area contributed by atoms with Gasteiger partial charge in [0.05, 0.1) is 6.61 Å². The average Bonchev–Trinajstić information content (AvgIpc) is 2.61. The van der Waals surface area contributed by atoms with Gasteiger partial charge in [0, 0.05) is 16.9 Å². The van der Waals surface area contributed by atoms with Crippen LogP contribution in [0.4, 0.5) is 0 Å². The first-order chi connectivity index (χ1) is 8.11. The van der Waals surface area contributed by atoms with Crippen molar-refractivity contribution in [2.75, 3.05) is 6.61 Å². The van der Waals surface area contributed by atoms with Gasteiger partial charge in [0.2, 0.25) is 6.54 Å². The minimum Gasteiger partial charge on any atom is -0.464 e. The van der Waals surface area contributed by atoms with E-state index in [9.17, 15) is 9.59 Å². The number of hydrogen-bond acceptors (Lipinski definition) is 4. The summed E-state index contributed by atoms with van der Waals surface area (Å²) in [5.74, 6) is -0.418. The molecule has 0 aliphatic rings. The van der Waals surface area contributed by atoms with Crippen molar-refractivity contribution in [3.63, 3.8) is 0 Å². The van der Waals surface area contributed by atoms with E-state index in [1.165, 1.54) is 21.6 Å². The molecule has 0 unspecified atom stereocenters. The van der Waals surface area contributed by atoms with E-state index in [2.05, 4.69) is 10.2 Å². The average molecular weight is 237 g/mol. The minimum absolute atomic E-state index is 0.0729. The van der Waals surface area contributed by atoms with Crippen molar-refractivity contribution in [2.24, 2.45) is 0 Å². The Balaban J connectivity index is 2.43. The van der Waals surface area contributed by atoms with E-state index in [0.717, 1.165) is 5.69 Å². The van der Waals surface area contributed by atoms with Gasteiger partial charge in [-0.2, -0.15) is 0 Å². The zero-order chi connectivity index (χ0) is 12.4. The van der Waals surface area contributed by atoms with Crippen LogP contribution in [0.5, 0.6) is 0 Å². The molecule has 2 heterocycles. The van der Waals surface area contributed by atoms with Crippen molar-refractivity contribution < 1.29 is 14.0 Å². The number of carbonyl (C=O) groups excluding carboxylic acids is 1. The largest absolute Gasteiger partial charge is 0.464 e. The third-order valence-corrected chi connectivity index (χ3v) is 2.23. The third-order valence-electron chi connectivity index (χ3n) is 2.23. The Morgan fingerprint density at radius 3 is 3.12 bits per heavy atom. The zero-order valence-electron chi connectivity index (χ0n) is 9.64. The Hall–Kier alpha value is -2.18. The van der Waals surface area contributed by atoms with E-state index < -0.39 is 5.97 Å². The molecule has 17 heavy (non-hydrogen) atoms. The fourth-order valence-corrected chi connectivity index (χ4v) is 1.60. The SMILES string of the molecule is CCOC(=O)Cn1nc[n+]2[nH]c(C)cc(=O)c12. The number of fused-ring (bicyclic) bond motifs is 1. The quantitative estimate of drug-likeness (QED) is 0.558. The summed E-state index contributed by atoms with van der Waals surface area (Å²) in [4.78, 5) is 23.1. The highest BCUT2D eigenvalue weighted by Crippen LogP contribution is 1.92. The molecule has 90 valence electrons. The lowest BCUT2D eigenvalue weighted by molar-refractivity contribution is -0.582. The Morgan fingerprint density at radius 1 is 1.65 bits per heavy atom. The number of rotatable bonds is 3. The van der Waals surface area contributed by atoms with Gasteiger partial charge in [-0.1, -0.05) is 4.68 Å². The fourth-order valence-electron chi connectivity index (χ4n) is 1.60. The van der Waals surface area contributed by atoms with Crippen molar-refractivity contribution in [2.45, 2.75) is 20.4 Å². The lowest BCUT2D eigenvalue weighted by atomic mass is 10.4. The van der Waals surface area contributed by atoms with Crippen LogP contribution >= 0.6 is 0 Å². The lowest BCUT2D eigenvalue weighted by Gasteiger charge is -1.97. The van der Waals surface area contributed by atoms with Gasteiger partial charge < -0.3 is 4.74 Å². The normalized spacial score (nSPS) is 10.7. The number of aryl methyl sites for hydroxylation is 1. The van der Waals surface area contributed by atoms with Crippen molar-refractivity contribution in [3.05, 3.63) is 28.3 Å². The molecule has 7 heteroatoms. The Kier molecular flexibility index (Phi) is 2.90. The van der Waals surface area contributed by atoms with Gasteiger partial charge in [-0.15, -0.1) is 4.52 Å². The van der Waals surface area contributed by atoms with Crippen LogP contribution in [0.3, 0.4) is 0 Å². The Morgan fingerprint density at radius 2 is 2.41 bits per heavy atom. The second-order valence-electron chi connectivity index (χ2n) is 3.59. The van der Waals surface area contributed by atoms with Gasteiger partial charge in [-0.3, -0.25) is 4.79 Å². The van der Waals surface area contributed by atoms with E-state index in [1.54, 1.807) is 13.8 Å². The summed E-state index contributed by atoms with van der Waals surface area (Å²) in [6, 6.07) is 1.46. The maximum atomic E-state index is 11.8. The second kappa shape index (κ2) is 4.36. The molecular weight excluding hydrogens is 224 g/mol. The smallest absolute Gasteiger partial charge is 0.344 e. The van der Waals surface area contributed by atoms with E-state index in [4.69, 9.17) is 4.74 Å². The first kappa shape index (κ1) is 11.3. The van der Waals surface area contributed by atoms with Crippen molar-refractivity contribution in [3.8, 4) is 0 Å². The number of ether oxygens (including phenoxy) is 1. The summed E-state index contributed by atoms with van der Waals surface area (Å²) >= 11 is 0. The van der Waals surface area contributed by atoms with Crippen LogP contribution < -0.4 is 9.94 Å². The molecule has 0 spiro atoms. The van der Waals surface area contributed by atoms with Crippen LogP contribution in [0.1, 0.15) is 12.6 Å². The molecule has 0 bridgehead atoms. The molecule has 2 aromatic heterocycles. The highest BCUT2D eigenvalue weighted by Gasteiger charge is 2.19. The number of aromatic nitrogens is 4. The van der Waals surface area contributed by atoms with E-state index in [0.29, 0.717) is 12.3 Å². The fraction of sp³-hybridized carbons (Fsp3) is 0.400. The van der Waals surface area contributed by atoms with Crippen LogP contribution in [0, 0.1) is 6.92 Å². The van der Waals surface area contributed by atoms with Crippen molar-refractivity contribution in [1.29, 1.82) is 0 Å². The second-order valence-corrected chi connectivity index (χ2v) is 3.59. The van der Waals surface area contributed by atoms with Crippen LogP contribution in [0.2, 0.25) is 0 Å². The van der Waals surface area contributed by atoms with Gasteiger partial charge in [0.25, 0.3) is 11.8 Å². The summed E-state index contributed by atoms with van der Waals surface area (Å²) in [6.45, 7) is 3.73. The number of esters is 1. The van der Waals surface area contributed by atoms with E-state index in [-0.39, 0.29) is 12.0 Å². The predicted octanol–water partition coefficient (Wildman–Crippen LogP) is -0.818. The first-order valence-corrected chi connectivity index (χ1v) is 5.24. The molecule has 0 saturated carbocycles. The predicted molar refractivity (Wildman–Crippen MR) is 57.4 cm³/mol. The molecule has 0 aliphatic carbocycles.